The van der Waals surface area contributed by atoms with E-state index in [1.165, 1.54) is 11.1 Å². The SMILES string of the molecule is CC=C(C)CCNCc1ccc(OC)cc1. The van der Waals surface area contributed by atoms with E-state index in [-0.39, 0.29) is 0 Å². The van der Waals surface area contributed by atoms with Crippen LogP contribution < -0.4 is 10.1 Å². The van der Waals surface area contributed by atoms with Crippen molar-refractivity contribution in [2.75, 3.05) is 13.7 Å². The third-order valence-corrected chi connectivity index (χ3v) is 2.68. The molecule has 1 rings (SSSR count). The second-order valence-corrected chi connectivity index (χ2v) is 3.91. The zero-order valence-electron chi connectivity index (χ0n) is 10.4. The maximum Gasteiger partial charge on any atom is 0.118 e. The van der Waals surface area contributed by atoms with E-state index in [1.54, 1.807) is 7.11 Å². The van der Waals surface area contributed by atoms with E-state index in [0.29, 0.717) is 0 Å². The molecule has 0 saturated carbocycles. The first-order valence-electron chi connectivity index (χ1n) is 5.71. The molecule has 1 aromatic rings. The monoisotopic (exact) mass is 219 g/mol. The summed E-state index contributed by atoms with van der Waals surface area (Å²) in [4.78, 5) is 0. The van der Waals surface area contributed by atoms with Gasteiger partial charge in [0.25, 0.3) is 0 Å². The van der Waals surface area contributed by atoms with Crippen LogP contribution in [0.3, 0.4) is 0 Å². The maximum absolute atomic E-state index is 5.11. The first-order chi connectivity index (χ1) is 7.76. The number of allylic oxidation sites excluding steroid dienone is 1. The van der Waals surface area contributed by atoms with Crippen LogP contribution in [-0.2, 0) is 6.54 Å². The molecule has 1 N–H and O–H groups in total. The Morgan fingerprint density at radius 2 is 2.00 bits per heavy atom. The molecular formula is C14H21NO. The van der Waals surface area contributed by atoms with Gasteiger partial charge in [-0.05, 0) is 44.5 Å². The van der Waals surface area contributed by atoms with Crippen LogP contribution in [0.4, 0.5) is 0 Å². The molecule has 0 aliphatic heterocycles. The van der Waals surface area contributed by atoms with Gasteiger partial charge in [-0.1, -0.05) is 23.8 Å². The van der Waals surface area contributed by atoms with E-state index < -0.39 is 0 Å². The van der Waals surface area contributed by atoms with E-state index >= 15 is 0 Å². The average molecular weight is 219 g/mol. The van der Waals surface area contributed by atoms with Crippen molar-refractivity contribution in [3.8, 4) is 5.75 Å². The van der Waals surface area contributed by atoms with Gasteiger partial charge in [-0.25, -0.2) is 0 Å². The van der Waals surface area contributed by atoms with Crippen LogP contribution in [0.2, 0.25) is 0 Å². The number of rotatable bonds is 6. The largest absolute Gasteiger partial charge is 0.497 e. The van der Waals surface area contributed by atoms with Gasteiger partial charge in [0.15, 0.2) is 0 Å². The molecule has 0 saturated heterocycles. The zero-order chi connectivity index (χ0) is 11.8. The van der Waals surface area contributed by atoms with Crippen LogP contribution in [-0.4, -0.2) is 13.7 Å². The number of nitrogens with one attached hydrogen (secondary N) is 1. The van der Waals surface area contributed by atoms with Crippen molar-refractivity contribution in [1.29, 1.82) is 0 Å². The highest BCUT2D eigenvalue weighted by Crippen LogP contribution is 2.10. The van der Waals surface area contributed by atoms with Gasteiger partial charge in [0.1, 0.15) is 5.75 Å². The summed E-state index contributed by atoms with van der Waals surface area (Å²) in [5.74, 6) is 0.911. The lowest BCUT2D eigenvalue weighted by Crippen LogP contribution is -2.14. The quantitative estimate of drug-likeness (QED) is 0.586. The van der Waals surface area contributed by atoms with Crippen molar-refractivity contribution < 1.29 is 4.74 Å². The molecule has 0 radical (unpaired) electrons. The lowest BCUT2D eigenvalue weighted by molar-refractivity contribution is 0.414. The Morgan fingerprint density at radius 3 is 2.56 bits per heavy atom. The molecule has 0 atom stereocenters. The van der Waals surface area contributed by atoms with Crippen LogP contribution in [0.5, 0.6) is 5.75 Å². The second kappa shape index (κ2) is 7.07. The lowest BCUT2D eigenvalue weighted by atomic mass is 10.2. The van der Waals surface area contributed by atoms with Gasteiger partial charge >= 0.3 is 0 Å². The van der Waals surface area contributed by atoms with Gasteiger partial charge in [0.05, 0.1) is 7.11 Å². The van der Waals surface area contributed by atoms with Crippen LogP contribution in [0.1, 0.15) is 25.8 Å². The number of hydrogen-bond donors (Lipinski definition) is 1. The van der Waals surface area contributed by atoms with Gasteiger partial charge in [-0.2, -0.15) is 0 Å². The molecule has 0 heterocycles. The zero-order valence-corrected chi connectivity index (χ0v) is 10.4. The summed E-state index contributed by atoms with van der Waals surface area (Å²) in [6.07, 6.45) is 3.28. The topological polar surface area (TPSA) is 21.3 Å². The maximum atomic E-state index is 5.11. The Kier molecular flexibility index (Phi) is 5.65. The van der Waals surface area contributed by atoms with Gasteiger partial charge < -0.3 is 10.1 Å². The third kappa shape index (κ3) is 4.49. The Bertz CT molecular complexity index is 327. The molecule has 0 aliphatic carbocycles. The van der Waals surface area contributed by atoms with Crippen molar-refractivity contribution in [3.05, 3.63) is 41.5 Å². The number of benzene rings is 1. The predicted octanol–water partition coefficient (Wildman–Crippen LogP) is 3.14. The van der Waals surface area contributed by atoms with E-state index in [0.717, 1.165) is 25.3 Å². The Labute approximate surface area is 98.3 Å². The fraction of sp³-hybridized carbons (Fsp3) is 0.429. The summed E-state index contributed by atoms with van der Waals surface area (Å²) in [5, 5.41) is 3.42. The van der Waals surface area contributed by atoms with Gasteiger partial charge in [-0.15, -0.1) is 0 Å². The molecule has 88 valence electrons. The van der Waals surface area contributed by atoms with Crippen molar-refractivity contribution in [3.63, 3.8) is 0 Å². The summed E-state index contributed by atoms with van der Waals surface area (Å²) < 4.78 is 5.11. The smallest absolute Gasteiger partial charge is 0.118 e. The summed E-state index contributed by atoms with van der Waals surface area (Å²) in [6.45, 7) is 6.19. The molecule has 16 heavy (non-hydrogen) atoms. The molecule has 0 amide bonds. The Morgan fingerprint density at radius 1 is 1.31 bits per heavy atom. The molecule has 0 aromatic heterocycles. The molecule has 0 bridgehead atoms. The lowest BCUT2D eigenvalue weighted by Gasteiger charge is -2.06. The van der Waals surface area contributed by atoms with Crippen LogP contribution >= 0.6 is 0 Å². The average Bonchev–Trinajstić information content (AvgIpc) is 2.35. The minimum Gasteiger partial charge on any atom is -0.497 e. The molecule has 1 aromatic carbocycles. The fourth-order valence-electron chi connectivity index (χ4n) is 1.41. The summed E-state index contributed by atoms with van der Waals surface area (Å²) in [6, 6.07) is 8.17. The van der Waals surface area contributed by atoms with Gasteiger partial charge in [0, 0.05) is 6.54 Å². The Hall–Kier alpha value is -1.28. The number of hydrogen-bond acceptors (Lipinski definition) is 2. The molecule has 2 heteroatoms. The minimum absolute atomic E-state index is 0.911. The van der Waals surface area contributed by atoms with Crippen LogP contribution in [0, 0.1) is 0 Å². The third-order valence-electron chi connectivity index (χ3n) is 2.68. The molecule has 2 nitrogen and oxygen atoms in total. The normalized spacial score (nSPS) is 11.6. The standard InChI is InChI=1S/C14H21NO/c1-4-12(2)9-10-15-11-13-5-7-14(16-3)8-6-13/h4-8,15H,9-11H2,1-3H3. The predicted molar refractivity (Wildman–Crippen MR) is 68.7 cm³/mol. The number of methoxy groups -OCH3 is 1. The van der Waals surface area contributed by atoms with Crippen molar-refractivity contribution in [2.45, 2.75) is 26.8 Å². The molecule has 0 aliphatic rings. The van der Waals surface area contributed by atoms with E-state index in [9.17, 15) is 0 Å². The first kappa shape index (κ1) is 12.8. The van der Waals surface area contributed by atoms with Gasteiger partial charge in [-0.3, -0.25) is 0 Å². The molecule has 0 fully saturated rings. The highest BCUT2D eigenvalue weighted by molar-refractivity contribution is 5.26. The van der Waals surface area contributed by atoms with Gasteiger partial charge in [0.2, 0.25) is 0 Å². The van der Waals surface area contributed by atoms with E-state index in [4.69, 9.17) is 4.74 Å². The Balaban J connectivity index is 2.26. The van der Waals surface area contributed by atoms with Crippen molar-refractivity contribution in [2.24, 2.45) is 0 Å². The highest BCUT2D eigenvalue weighted by atomic mass is 16.5. The fourth-order valence-corrected chi connectivity index (χ4v) is 1.41. The van der Waals surface area contributed by atoms with Crippen molar-refractivity contribution >= 4 is 0 Å². The summed E-state index contributed by atoms with van der Waals surface area (Å²) >= 11 is 0. The molecular weight excluding hydrogens is 198 g/mol. The first-order valence-corrected chi connectivity index (χ1v) is 5.71. The van der Waals surface area contributed by atoms with Crippen molar-refractivity contribution in [1.82, 2.24) is 5.32 Å². The molecule has 0 unspecified atom stereocenters. The number of ether oxygens (including phenoxy) is 1. The van der Waals surface area contributed by atoms with E-state index in [2.05, 4.69) is 37.4 Å². The van der Waals surface area contributed by atoms with E-state index in [1.807, 2.05) is 12.1 Å². The summed E-state index contributed by atoms with van der Waals surface area (Å²) in [5.41, 5.74) is 2.72. The highest BCUT2D eigenvalue weighted by Gasteiger charge is 1.94. The van der Waals surface area contributed by atoms with Crippen LogP contribution in [0.25, 0.3) is 0 Å². The summed E-state index contributed by atoms with van der Waals surface area (Å²) in [7, 11) is 1.69. The van der Waals surface area contributed by atoms with Crippen LogP contribution in [0.15, 0.2) is 35.9 Å². The minimum atomic E-state index is 0.911. The molecule has 0 spiro atoms. The second-order valence-electron chi connectivity index (χ2n) is 3.91.